The average molecular weight is 276 g/mol. The molecule has 1 aromatic carbocycles. The van der Waals surface area contributed by atoms with Crippen LogP contribution in [0.1, 0.15) is 36.4 Å². The van der Waals surface area contributed by atoms with Crippen LogP contribution in [0.15, 0.2) is 24.3 Å². The first-order valence-electron chi connectivity index (χ1n) is 7.69. The molecule has 1 heterocycles. The molecule has 20 heavy (non-hydrogen) atoms. The van der Waals surface area contributed by atoms with Crippen LogP contribution in [-0.2, 0) is 11.3 Å². The molecule has 0 radical (unpaired) electrons. The molecule has 3 nitrogen and oxygen atoms in total. The van der Waals surface area contributed by atoms with Gasteiger partial charge in [-0.2, -0.15) is 0 Å². The third kappa shape index (κ3) is 3.81. The second kappa shape index (κ2) is 7.77. The van der Waals surface area contributed by atoms with E-state index < -0.39 is 0 Å². The minimum absolute atomic E-state index is 0.529. The summed E-state index contributed by atoms with van der Waals surface area (Å²) in [6.07, 6.45) is 3.97. The number of likely N-dealkylation sites (tertiary alicyclic amines) is 1. The van der Waals surface area contributed by atoms with Crippen LogP contribution in [0, 0.1) is 5.92 Å². The van der Waals surface area contributed by atoms with E-state index in [0.717, 1.165) is 6.54 Å². The zero-order valence-electron chi connectivity index (χ0n) is 13.1. The Labute approximate surface area is 123 Å². The smallest absolute Gasteiger partial charge is 0.0713 e. The number of hydrogen-bond acceptors (Lipinski definition) is 3. The van der Waals surface area contributed by atoms with Crippen molar-refractivity contribution in [2.45, 2.75) is 31.9 Å². The fourth-order valence-electron chi connectivity index (χ4n) is 3.40. The van der Waals surface area contributed by atoms with Gasteiger partial charge < -0.3 is 10.1 Å². The highest BCUT2D eigenvalue weighted by Crippen LogP contribution is 2.33. The number of benzene rings is 1. The molecule has 0 amide bonds. The van der Waals surface area contributed by atoms with Gasteiger partial charge in [-0.05, 0) is 57.1 Å². The summed E-state index contributed by atoms with van der Waals surface area (Å²) in [5.41, 5.74) is 2.69. The van der Waals surface area contributed by atoms with Gasteiger partial charge in [0, 0.05) is 13.2 Å². The Kier molecular flexibility index (Phi) is 6.02. The third-order valence-corrected chi connectivity index (χ3v) is 4.36. The van der Waals surface area contributed by atoms with Crippen LogP contribution in [0.25, 0.3) is 0 Å². The van der Waals surface area contributed by atoms with Gasteiger partial charge in [0.05, 0.1) is 6.61 Å². The van der Waals surface area contributed by atoms with Crippen molar-refractivity contribution in [2.75, 3.05) is 34.3 Å². The summed E-state index contributed by atoms with van der Waals surface area (Å²) >= 11 is 0. The molecule has 2 rings (SSSR count). The maximum absolute atomic E-state index is 5.19. The van der Waals surface area contributed by atoms with E-state index in [2.05, 4.69) is 48.6 Å². The first-order valence-corrected chi connectivity index (χ1v) is 7.69. The van der Waals surface area contributed by atoms with Gasteiger partial charge in [0.1, 0.15) is 0 Å². The van der Waals surface area contributed by atoms with Crippen LogP contribution in [-0.4, -0.2) is 39.2 Å². The standard InChI is InChI=1S/C17H28N2O/c1-18-12-16-6-4-5-11-19(2)17(16)15-9-7-14(8-10-15)13-20-3/h7-10,16-18H,4-6,11-13H2,1-3H3. The van der Waals surface area contributed by atoms with Crippen molar-refractivity contribution in [3.8, 4) is 0 Å². The summed E-state index contributed by atoms with van der Waals surface area (Å²) in [7, 11) is 6.07. The van der Waals surface area contributed by atoms with Gasteiger partial charge in [-0.25, -0.2) is 0 Å². The number of nitrogens with zero attached hydrogens (tertiary/aromatic N) is 1. The van der Waals surface area contributed by atoms with Gasteiger partial charge in [-0.3, -0.25) is 4.90 Å². The molecule has 1 aromatic rings. The SMILES string of the molecule is CNCC1CCCCN(C)C1c1ccc(COC)cc1. The first-order chi connectivity index (χ1) is 9.76. The van der Waals surface area contributed by atoms with Crippen molar-refractivity contribution >= 4 is 0 Å². The summed E-state index contributed by atoms with van der Waals surface area (Å²) in [6.45, 7) is 2.99. The van der Waals surface area contributed by atoms with E-state index >= 15 is 0 Å². The molecule has 2 atom stereocenters. The van der Waals surface area contributed by atoms with Gasteiger partial charge in [-0.15, -0.1) is 0 Å². The number of hydrogen-bond donors (Lipinski definition) is 1. The molecule has 0 saturated carbocycles. The predicted octanol–water partition coefficient (Wildman–Crippen LogP) is 2.83. The average Bonchev–Trinajstić information content (AvgIpc) is 2.63. The number of rotatable bonds is 5. The normalized spacial score (nSPS) is 24.6. The van der Waals surface area contributed by atoms with E-state index in [-0.39, 0.29) is 0 Å². The lowest BCUT2D eigenvalue weighted by atomic mass is 9.89. The predicted molar refractivity (Wildman–Crippen MR) is 83.8 cm³/mol. The van der Waals surface area contributed by atoms with E-state index in [1.807, 2.05) is 0 Å². The number of methoxy groups -OCH3 is 1. The van der Waals surface area contributed by atoms with E-state index in [0.29, 0.717) is 18.6 Å². The maximum atomic E-state index is 5.19. The highest BCUT2D eigenvalue weighted by Gasteiger charge is 2.28. The molecule has 2 unspecified atom stereocenters. The fraction of sp³-hybridized carbons (Fsp3) is 0.647. The van der Waals surface area contributed by atoms with E-state index in [4.69, 9.17) is 4.74 Å². The zero-order chi connectivity index (χ0) is 14.4. The van der Waals surface area contributed by atoms with Crippen molar-refractivity contribution in [3.05, 3.63) is 35.4 Å². The third-order valence-electron chi connectivity index (χ3n) is 4.36. The van der Waals surface area contributed by atoms with Crippen LogP contribution in [0.3, 0.4) is 0 Å². The Morgan fingerprint density at radius 2 is 2.00 bits per heavy atom. The largest absolute Gasteiger partial charge is 0.380 e. The van der Waals surface area contributed by atoms with Crippen molar-refractivity contribution in [1.82, 2.24) is 10.2 Å². The summed E-state index contributed by atoms with van der Waals surface area (Å²) in [5.74, 6) is 0.695. The molecule has 1 fully saturated rings. The molecular formula is C17H28N2O. The second-order valence-electron chi connectivity index (χ2n) is 5.91. The number of ether oxygens (including phenoxy) is 1. The molecular weight excluding hydrogens is 248 g/mol. The van der Waals surface area contributed by atoms with Crippen LogP contribution in [0.5, 0.6) is 0 Å². The van der Waals surface area contributed by atoms with Gasteiger partial charge in [0.2, 0.25) is 0 Å². The van der Waals surface area contributed by atoms with Crippen molar-refractivity contribution in [1.29, 1.82) is 0 Å². The highest BCUT2D eigenvalue weighted by molar-refractivity contribution is 5.25. The van der Waals surface area contributed by atoms with Crippen LogP contribution in [0.2, 0.25) is 0 Å². The summed E-state index contributed by atoms with van der Waals surface area (Å²) in [5, 5.41) is 3.37. The van der Waals surface area contributed by atoms with Gasteiger partial charge >= 0.3 is 0 Å². The van der Waals surface area contributed by atoms with Gasteiger partial charge in [0.25, 0.3) is 0 Å². The Morgan fingerprint density at radius 3 is 2.65 bits per heavy atom. The minimum atomic E-state index is 0.529. The first kappa shape index (κ1) is 15.5. The Hall–Kier alpha value is -0.900. The second-order valence-corrected chi connectivity index (χ2v) is 5.91. The lowest BCUT2D eigenvalue weighted by Gasteiger charge is -2.33. The molecule has 1 N–H and O–H groups in total. The van der Waals surface area contributed by atoms with Crippen molar-refractivity contribution in [2.24, 2.45) is 5.92 Å². The summed E-state index contributed by atoms with van der Waals surface area (Å²) in [6, 6.07) is 9.50. The molecule has 0 spiro atoms. The molecule has 0 aliphatic carbocycles. The molecule has 3 heteroatoms. The van der Waals surface area contributed by atoms with Gasteiger partial charge in [0.15, 0.2) is 0 Å². The van der Waals surface area contributed by atoms with Gasteiger partial charge in [-0.1, -0.05) is 30.7 Å². The highest BCUT2D eigenvalue weighted by atomic mass is 16.5. The molecule has 112 valence electrons. The maximum Gasteiger partial charge on any atom is 0.0713 e. The Balaban J connectivity index is 2.19. The Bertz CT molecular complexity index is 390. The minimum Gasteiger partial charge on any atom is -0.380 e. The van der Waals surface area contributed by atoms with Crippen LogP contribution >= 0.6 is 0 Å². The lowest BCUT2D eigenvalue weighted by molar-refractivity contribution is 0.184. The molecule has 1 aliphatic rings. The Morgan fingerprint density at radius 1 is 1.25 bits per heavy atom. The van der Waals surface area contributed by atoms with Crippen molar-refractivity contribution in [3.63, 3.8) is 0 Å². The molecule has 1 aliphatic heterocycles. The van der Waals surface area contributed by atoms with E-state index in [1.54, 1.807) is 7.11 Å². The fourth-order valence-corrected chi connectivity index (χ4v) is 3.40. The van der Waals surface area contributed by atoms with E-state index in [9.17, 15) is 0 Å². The topological polar surface area (TPSA) is 24.5 Å². The van der Waals surface area contributed by atoms with Crippen molar-refractivity contribution < 1.29 is 4.74 Å². The molecule has 0 aromatic heterocycles. The molecule has 1 saturated heterocycles. The lowest BCUT2D eigenvalue weighted by Crippen LogP contribution is -2.33. The van der Waals surface area contributed by atoms with E-state index in [1.165, 1.54) is 36.9 Å². The quantitative estimate of drug-likeness (QED) is 0.895. The monoisotopic (exact) mass is 276 g/mol. The van der Waals surface area contributed by atoms with Crippen LogP contribution in [0.4, 0.5) is 0 Å². The van der Waals surface area contributed by atoms with Crippen LogP contribution < -0.4 is 5.32 Å². The molecule has 0 bridgehead atoms. The summed E-state index contributed by atoms with van der Waals surface area (Å²) < 4.78 is 5.19. The summed E-state index contributed by atoms with van der Waals surface area (Å²) in [4.78, 5) is 2.53. The zero-order valence-corrected chi connectivity index (χ0v) is 13.1. The number of nitrogens with one attached hydrogen (secondary N) is 1.